The van der Waals surface area contributed by atoms with E-state index in [0.717, 1.165) is 6.42 Å². The molecule has 7 heteroatoms. The smallest absolute Gasteiger partial charge is 0.378 e. The average Bonchev–Trinajstić information content (AvgIpc) is 2.25. The third-order valence-corrected chi connectivity index (χ3v) is 2.42. The molecule has 1 rings (SSSR count). The van der Waals surface area contributed by atoms with Crippen molar-refractivity contribution in [3.8, 4) is 0 Å². The lowest BCUT2D eigenvalue weighted by Crippen LogP contribution is -2.48. The first-order chi connectivity index (χ1) is 7.47. The Morgan fingerprint density at radius 1 is 1.31 bits per heavy atom. The molecule has 0 aliphatic carbocycles. The van der Waals surface area contributed by atoms with Crippen molar-refractivity contribution < 1.29 is 27.4 Å². The van der Waals surface area contributed by atoms with Gasteiger partial charge in [0.05, 0.1) is 19.8 Å². The predicted molar refractivity (Wildman–Crippen MR) is 49.8 cm³/mol. The number of alkyl halides is 3. The molecule has 0 radical (unpaired) electrons. The van der Waals surface area contributed by atoms with Gasteiger partial charge in [0.15, 0.2) is 0 Å². The lowest BCUT2D eigenvalue weighted by atomic mass is 9.97. The van der Waals surface area contributed by atoms with Gasteiger partial charge in [0.1, 0.15) is 5.60 Å². The summed E-state index contributed by atoms with van der Waals surface area (Å²) < 4.78 is 49.2. The van der Waals surface area contributed by atoms with Crippen LogP contribution in [0.15, 0.2) is 0 Å². The number of rotatable bonds is 5. The van der Waals surface area contributed by atoms with Crippen LogP contribution in [0.3, 0.4) is 0 Å². The fourth-order valence-electron chi connectivity index (χ4n) is 1.58. The van der Waals surface area contributed by atoms with E-state index in [1.165, 1.54) is 0 Å². The summed E-state index contributed by atoms with van der Waals surface area (Å²) in [4.78, 5) is 0. The van der Waals surface area contributed by atoms with Crippen molar-refractivity contribution in [2.75, 3.05) is 33.0 Å². The van der Waals surface area contributed by atoms with Gasteiger partial charge in [-0.05, 0) is 12.8 Å². The molecule has 1 aliphatic rings. The summed E-state index contributed by atoms with van der Waals surface area (Å²) in [5.41, 5.74) is 4.89. The lowest BCUT2D eigenvalue weighted by Gasteiger charge is -2.35. The minimum absolute atomic E-state index is 0.139. The first-order valence-corrected chi connectivity index (χ1v) is 5.10. The van der Waals surface area contributed by atoms with Crippen molar-refractivity contribution >= 4 is 0 Å². The van der Waals surface area contributed by atoms with Crippen molar-refractivity contribution in [1.82, 2.24) is 0 Å². The number of ether oxygens (including phenoxy) is 3. The summed E-state index contributed by atoms with van der Waals surface area (Å²) in [6.07, 6.45) is -3.10. The maximum absolute atomic E-state index is 11.7. The number of hydrogen-bond acceptors (Lipinski definition) is 4. The second-order valence-electron chi connectivity index (χ2n) is 3.69. The molecule has 16 heavy (non-hydrogen) atoms. The number of halogens is 3. The molecule has 0 bridgehead atoms. The van der Waals surface area contributed by atoms with Crippen LogP contribution in [0.5, 0.6) is 0 Å². The second kappa shape index (κ2) is 5.81. The van der Waals surface area contributed by atoms with E-state index in [1.54, 1.807) is 0 Å². The SMILES string of the molecule is NCC1(OCCOC(F)(F)F)CCCOC1. The Labute approximate surface area is 91.8 Å². The summed E-state index contributed by atoms with van der Waals surface area (Å²) in [7, 11) is 0. The summed E-state index contributed by atoms with van der Waals surface area (Å²) in [5.74, 6) is 0. The van der Waals surface area contributed by atoms with Crippen LogP contribution in [0, 0.1) is 0 Å². The third kappa shape index (κ3) is 4.65. The van der Waals surface area contributed by atoms with Gasteiger partial charge in [-0.1, -0.05) is 0 Å². The molecule has 1 atom stereocenters. The van der Waals surface area contributed by atoms with Crippen LogP contribution < -0.4 is 5.73 Å². The highest BCUT2D eigenvalue weighted by Gasteiger charge is 2.33. The van der Waals surface area contributed by atoms with Crippen molar-refractivity contribution in [2.45, 2.75) is 24.8 Å². The summed E-state index contributed by atoms with van der Waals surface area (Å²) >= 11 is 0. The van der Waals surface area contributed by atoms with Gasteiger partial charge in [-0.15, -0.1) is 13.2 Å². The molecular weight excluding hydrogens is 227 g/mol. The number of nitrogens with two attached hydrogens (primary N) is 1. The topological polar surface area (TPSA) is 53.7 Å². The van der Waals surface area contributed by atoms with E-state index < -0.39 is 18.6 Å². The highest BCUT2D eigenvalue weighted by atomic mass is 19.4. The highest BCUT2D eigenvalue weighted by Crippen LogP contribution is 2.22. The summed E-state index contributed by atoms with van der Waals surface area (Å²) in [6, 6.07) is 0. The minimum Gasteiger partial charge on any atom is -0.378 e. The third-order valence-electron chi connectivity index (χ3n) is 2.42. The van der Waals surface area contributed by atoms with Crippen LogP contribution in [0.4, 0.5) is 13.2 Å². The first kappa shape index (κ1) is 13.7. The molecular formula is C9H16F3NO3. The molecule has 0 aromatic carbocycles. The molecule has 2 N–H and O–H groups in total. The minimum atomic E-state index is -4.61. The van der Waals surface area contributed by atoms with Crippen molar-refractivity contribution in [2.24, 2.45) is 5.73 Å². The van der Waals surface area contributed by atoms with E-state index in [-0.39, 0.29) is 13.2 Å². The Morgan fingerprint density at radius 3 is 2.56 bits per heavy atom. The van der Waals surface area contributed by atoms with Gasteiger partial charge >= 0.3 is 6.36 Å². The molecule has 4 nitrogen and oxygen atoms in total. The van der Waals surface area contributed by atoms with Gasteiger partial charge in [0.2, 0.25) is 0 Å². The van der Waals surface area contributed by atoms with Crippen LogP contribution in [-0.2, 0) is 14.2 Å². The summed E-state index contributed by atoms with van der Waals surface area (Å²) in [5, 5.41) is 0. The Kier molecular flexibility index (Phi) is 4.97. The molecule has 1 saturated heterocycles. The fourth-order valence-corrected chi connectivity index (χ4v) is 1.58. The Bertz CT molecular complexity index is 205. The molecule has 0 aromatic rings. The van der Waals surface area contributed by atoms with Crippen LogP contribution in [0.1, 0.15) is 12.8 Å². The van der Waals surface area contributed by atoms with Gasteiger partial charge in [-0.25, -0.2) is 0 Å². The van der Waals surface area contributed by atoms with Gasteiger partial charge in [0.25, 0.3) is 0 Å². The summed E-state index contributed by atoms with van der Waals surface area (Å²) in [6.45, 7) is 0.546. The largest absolute Gasteiger partial charge is 0.522 e. The molecule has 1 fully saturated rings. The fraction of sp³-hybridized carbons (Fsp3) is 1.00. The van der Waals surface area contributed by atoms with E-state index in [1.807, 2.05) is 0 Å². The van der Waals surface area contributed by atoms with Crippen molar-refractivity contribution in [3.63, 3.8) is 0 Å². The van der Waals surface area contributed by atoms with Crippen LogP contribution in [0.25, 0.3) is 0 Å². The molecule has 1 heterocycles. The zero-order valence-electron chi connectivity index (χ0n) is 8.89. The normalized spacial score (nSPS) is 27.0. The molecule has 96 valence electrons. The number of hydrogen-bond donors (Lipinski definition) is 1. The molecule has 0 amide bonds. The van der Waals surface area contributed by atoms with Gasteiger partial charge in [-0.3, -0.25) is 4.74 Å². The standard InChI is InChI=1S/C9H16F3NO3/c10-9(11,12)16-5-4-15-8(6-13)2-1-3-14-7-8/h1-7,13H2. The quantitative estimate of drug-likeness (QED) is 0.733. The average molecular weight is 243 g/mol. The monoisotopic (exact) mass is 243 g/mol. The van der Waals surface area contributed by atoms with E-state index in [4.69, 9.17) is 15.2 Å². The van der Waals surface area contributed by atoms with Crippen molar-refractivity contribution in [3.05, 3.63) is 0 Å². The first-order valence-electron chi connectivity index (χ1n) is 5.10. The molecule has 0 aromatic heterocycles. The van der Waals surface area contributed by atoms with Crippen LogP contribution in [-0.4, -0.2) is 44.9 Å². The Hall–Kier alpha value is -0.370. The van der Waals surface area contributed by atoms with Gasteiger partial charge in [-0.2, -0.15) is 0 Å². The molecule has 1 aliphatic heterocycles. The van der Waals surface area contributed by atoms with E-state index >= 15 is 0 Å². The zero-order chi connectivity index (χ0) is 12.1. The van der Waals surface area contributed by atoms with Crippen LogP contribution in [0.2, 0.25) is 0 Å². The molecule has 1 unspecified atom stereocenters. The van der Waals surface area contributed by atoms with Crippen molar-refractivity contribution in [1.29, 1.82) is 0 Å². The predicted octanol–water partition coefficient (Wildman–Crippen LogP) is 1.05. The van der Waals surface area contributed by atoms with Gasteiger partial charge in [0, 0.05) is 13.2 Å². The second-order valence-corrected chi connectivity index (χ2v) is 3.69. The molecule has 0 spiro atoms. The van der Waals surface area contributed by atoms with E-state index in [2.05, 4.69) is 4.74 Å². The van der Waals surface area contributed by atoms with Gasteiger partial charge < -0.3 is 15.2 Å². The maximum atomic E-state index is 11.7. The maximum Gasteiger partial charge on any atom is 0.522 e. The Balaban J connectivity index is 2.23. The zero-order valence-corrected chi connectivity index (χ0v) is 8.89. The molecule has 0 saturated carbocycles. The highest BCUT2D eigenvalue weighted by molar-refractivity contribution is 4.84. The Morgan fingerprint density at radius 2 is 2.06 bits per heavy atom. The van der Waals surface area contributed by atoms with Crippen LogP contribution >= 0.6 is 0 Å². The van der Waals surface area contributed by atoms with E-state index in [9.17, 15) is 13.2 Å². The lowest BCUT2D eigenvalue weighted by molar-refractivity contribution is -0.329. The van der Waals surface area contributed by atoms with E-state index in [0.29, 0.717) is 19.6 Å².